The van der Waals surface area contributed by atoms with E-state index in [1.54, 1.807) is 23.9 Å². The molecular formula is C21H19ClN6S. The number of aromatic amines is 1. The van der Waals surface area contributed by atoms with Crippen LogP contribution in [0.4, 0.5) is 17.3 Å². The second kappa shape index (κ2) is 8.60. The third-order valence-corrected chi connectivity index (χ3v) is 6.33. The summed E-state index contributed by atoms with van der Waals surface area (Å²) in [5, 5.41) is 24.1. The number of nitrogens with one attached hydrogen (secondary N) is 3. The minimum Gasteiger partial charge on any atom is -0.363 e. The van der Waals surface area contributed by atoms with Gasteiger partial charge in [-0.2, -0.15) is 10.4 Å². The Balaban J connectivity index is 1.42. The number of thioether (sulfide) groups is 1. The SMILES string of the molecule is CC1C=C(CNc2n[nH]c(Nc3cccc(Cl)c3)c2C#N)SC1c1ccccn1. The maximum Gasteiger partial charge on any atom is 0.168 e. The molecule has 4 rings (SSSR count). The first kappa shape index (κ1) is 19.4. The van der Waals surface area contributed by atoms with Crippen LogP contribution in [-0.4, -0.2) is 21.7 Å². The predicted molar refractivity (Wildman–Crippen MR) is 118 cm³/mol. The fourth-order valence-electron chi connectivity index (χ4n) is 3.22. The van der Waals surface area contributed by atoms with Gasteiger partial charge in [0, 0.05) is 28.4 Å². The fourth-order valence-corrected chi connectivity index (χ4v) is 4.73. The van der Waals surface area contributed by atoms with Gasteiger partial charge in [-0.25, -0.2) is 0 Å². The maximum absolute atomic E-state index is 9.60. The molecule has 0 saturated carbocycles. The minimum absolute atomic E-state index is 0.308. The number of H-pyrrole nitrogens is 1. The molecule has 2 aromatic heterocycles. The van der Waals surface area contributed by atoms with Gasteiger partial charge < -0.3 is 10.6 Å². The van der Waals surface area contributed by atoms with Crippen LogP contribution in [0.5, 0.6) is 0 Å². The molecule has 0 aliphatic carbocycles. The Morgan fingerprint density at radius 1 is 1.28 bits per heavy atom. The Bertz CT molecular complexity index is 1070. The average Bonchev–Trinajstić information content (AvgIpc) is 3.29. The van der Waals surface area contributed by atoms with Crippen molar-refractivity contribution in [2.45, 2.75) is 12.2 Å². The van der Waals surface area contributed by atoms with Crippen molar-refractivity contribution in [3.05, 3.63) is 75.9 Å². The van der Waals surface area contributed by atoms with Gasteiger partial charge in [0.05, 0.1) is 10.9 Å². The third kappa shape index (κ3) is 4.39. The van der Waals surface area contributed by atoms with Crippen LogP contribution >= 0.6 is 23.4 Å². The molecule has 0 spiro atoms. The molecule has 0 amide bonds. The minimum atomic E-state index is 0.308. The normalized spacial score (nSPS) is 18.2. The van der Waals surface area contributed by atoms with E-state index in [2.05, 4.69) is 51.0 Å². The van der Waals surface area contributed by atoms with E-state index in [1.807, 2.05) is 30.5 Å². The van der Waals surface area contributed by atoms with Crippen LogP contribution in [0.1, 0.15) is 23.4 Å². The van der Waals surface area contributed by atoms with Gasteiger partial charge >= 0.3 is 0 Å². The highest BCUT2D eigenvalue weighted by Crippen LogP contribution is 2.46. The number of hydrogen-bond donors (Lipinski definition) is 3. The highest BCUT2D eigenvalue weighted by Gasteiger charge is 2.27. The summed E-state index contributed by atoms with van der Waals surface area (Å²) in [6, 6.07) is 15.5. The summed E-state index contributed by atoms with van der Waals surface area (Å²) in [7, 11) is 0. The molecule has 0 fully saturated rings. The van der Waals surface area contributed by atoms with Crippen molar-refractivity contribution in [1.29, 1.82) is 5.26 Å². The van der Waals surface area contributed by atoms with Gasteiger partial charge in [-0.15, -0.1) is 11.8 Å². The molecule has 0 bridgehead atoms. The lowest BCUT2D eigenvalue weighted by Crippen LogP contribution is -2.04. The number of nitriles is 1. The summed E-state index contributed by atoms with van der Waals surface area (Å²) in [6.07, 6.45) is 4.08. The number of benzene rings is 1. The highest BCUT2D eigenvalue weighted by molar-refractivity contribution is 8.03. The number of pyridine rings is 1. The predicted octanol–water partition coefficient (Wildman–Crippen LogP) is 5.49. The Kier molecular flexibility index (Phi) is 5.74. The van der Waals surface area contributed by atoms with Crippen LogP contribution in [0, 0.1) is 17.2 Å². The average molecular weight is 423 g/mol. The Labute approximate surface area is 178 Å². The van der Waals surface area contributed by atoms with Gasteiger partial charge in [0.15, 0.2) is 5.82 Å². The molecule has 29 heavy (non-hydrogen) atoms. The van der Waals surface area contributed by atoms with E-state index in [0.717, 1.165) is 11.4 Å². The van der Waals surface area contributed by atoms with Crippen LogP contribution < -0.4 is 10.6 Å². The molecule has 146 valence electrons. The highest BCUT2D eigenvalue weighted by atomic mass is 35.5. The van der Waals surface area contributed by atoms with E-state index in [4.69, 9.17) is 11.6 Å². The van der Waals surface area contributed by atoms with Crippen molar-refractivity contribution in [2.24, 2.45) is 5.92 Å². The summed E-state index contributed by atoms with van der Waals surface area (Å²) < 4.78 is 0. The van der Waals surface area contributed by atoms with Gasteiger partial charge in [0.1, 0.15) is 17.5 Å². The fraction of sp³-hybridized carbons (Fsp3) is 0.190. The standard InChI is InChI=1S/C21H19ClN6S/c1-13-9-16(29-19(13)18-7-2-3-8-24-18)12-25-20-17(11-23)21(28-27-20)26-15-6-4-5-14(22)10-15/h2-10,13,19H,12H2,1H3,(H3,25,26,27,28). The topological polar surface area (TPSA) is 89.4 Å². The lowest BCUT2D eigenvalue weighted by atomic mass is 10.0. The summed E-state index contributed by atoms with van der Waals surface area (Å²) in [5.41, 5.74) is 2.30. The van der Waals surface area contributed by atoms with Crippen molar-refractivity contribution >= 4 is 40.7 Å². The number of rotatable bonds is 6. The lowest BCUT2D eigenvalue weighted by Gasteiger charge is -2.13. The summed E-state index contributed by atoms with van der Waals surface area (Å²) in [4.78, 5) is 5.70. The molecule has 8 heteroatoms. The van der Waals surface area contributed by atoms with Crippen LogP contribution in [0.3, 0.4) is 0 Å². The number of allylic oxidation sites excluding steroid dienone is 1. The molecule has 3 N–H and O–H groups in total. The molecular weight excluding hydrogens is 404 g/mol. The largest absolute Gasteiger partial charge is 0.363 e. The second-order valence-electron chi connectivity index (χ2n) is 6.71. The van der Waals surface area contributed by atoms with E-state index < -0.39 is 0 Å². The smallest absolute Gasteiger partial charge is 0.168 e. The molecule has 0 saturated heterocycles. The Morgan fingerprint density at radius 2 is 2.17 bits per heavy atom. The summed E-state index contributed by atoms with van der Waals surface area (Å²) >= 11 is 7.82. The van der Waals surface area contributed by atoms with Gasteiger partial charge in [-0.1, -0.05) is 36.7 Å². The van der Waals surface area contributed by atoms with Crippen molar-refractivity contribution < 1.29 is 0 Å². The number of aromatic nitrogens is 3. The van der Waals surface area contributed by atoms with Gasteiger partial charge in [-0.05, 0) is 36.2 Å². The van der Waals surface area contributed by atoms with Crippen molar-refractivity contribution in [2.75, 3.05) is 17.2 Å². The van der Waals surface area contributed by atoms with E-state index in [9.17, 15) is 5.26 Å². The second-order valence-corrected chi connectivity index (χ2v) is 8.41. The summed E-state index contributed by atoms with van der Waals surface area (Å²) in [6.45, 7) is 2.80. The van der Waals surface area contributed by atoms with Crippen LogP contribution in [0.2, 0.25) is 5.02 Å². The third-order valence-electron chi connectivity index (χ3n) is 4.59. The van der Waals surface area contributed by atoms with Crippen LogP contribution in [-0.2, 0) is 0 Å². The first-order valence-corrected chi connectivity index (χ1v) is 10.4. The van der Waals surface area contributed by atoms with Crippen LogP contribution in [0.25, 0.3) is 0 Å². The Morgan fingerprint density at radius 3 is 2.93 bits per heavy atom. The molecule has 0 radical (unpaired) electrons. The number of nitrogens with zero attached hydrogens (tertiary/aromatic N) is 3. The first-order chi connectivity index (χ1) is 14.1. The number of anilines is 3. The van der Waals surface area contributed by atoms with Gasteiger partial charge in [-0.3, -0.25) is 10.1 Å². The zero-order valence-electron chi connectivity index (χ0n) is 15.7. The van der Waals surface area contributed by atoms with E-state index in [0.29, 0.717) is 39.9 Å². The first-order valence-electron chi connectivity index (χ1n) is 9.17. The van der Waals surface area contributed by atoms with E-state index in [-0.39, 0.29) is 0 Å². The molecule has 1 aliphatic heterocycles. The molecule has 2 unspecified atom stereocenters. The lowest BCUT2D eigenvalue weighted by molar-refractivity contribution is 0.701. The summed E-state index contributed by atoms with van der Waals surface area (Å²) in [5.74, 6) is 1.44. The zero-order chi connectivity index (χ0) is 20.2. The molecule has 3 heterocycles. The number of hydrogen-bond acceptors (Lipinski definition) is 6. The monoisotopic (exact) mass is 422 g/mol. The molecule has 3 aromatic rings. The van der Waals surface area contributed by atoms with Crippen molar-refractivity contribution in [1.82, 2.24) is 15.2 Å². The molecule has 1 aromatic carbocycles. The van der Waals surface area contributed by atoms with E-state index in [1.165, 1.54) is 4.91 Å². The van der Waals surface area contributed by atoms with Crippen molar-refractivity contribution in [3.8, 4) is 6.07 Å². The maximum atomic E-state index is 9.60. The quantitative estimate of drug-likeness (QED) is 0.486. The zero-order valence-corrected chi connectivity index (χ0v) is 17.3. The number of halogens is 1. The molecule has 2 atom stereocenters. The van der Waals surface area contributed by atoms with Gasteiger partial charge in [0.25, 0.3) is 0 Å². The van der Waals surface area contributed by atoms with Crippen LogP contribution in [0.15, 0.2) is 59.6 Å². The molecule has 6 nitrogen and oxygen atoms in total. The van der Waals surface area contributed by atoms with Crippen molar-refractivity contribution in [3.63, 3.8) is 0 Å². The van der Waals surface area contributed by atoms with Gasteiger partial charge in [0.2, 0.25) is 0 Å². The molecule has 1 aliphatic rings. The Hall–Kier alpha value is -2.95. The van der Waals surface area contributed by atoms with E-state index >= 15 is 0 Å².